The monoisotopic (exact) mass is 705 g/mol. The van der Waals surface area contributed by atoms with Gasteiger partial charge in [-0.15, -0.1) is 11.3 Å². The van der Waals surface area contributed by atoms with Crippen LogP contribution >= 0.6 is 11.3 Å². The summed E-state index contributed by atoms with van der Waals surface area (Å²) >= 11 is 1.94. The fourth-order valence-corrected chi connectivity index (χ4v) is 10.2. The van der Waals surface area contributed by atoms with Gasteiger partial charge >= 0.3 is 0 Å². The second kappa shape index (κ2) is 12.2. The quantitative estimate of drug-likeness (QED) is 0.179. The molecule has 9 aromatic rings. The zero-order valence-corrected chi connectivity index (χ0v) is 30.0. The van der Waals surface area contributed by atoms with Crippen molar-refractivity contribution >= 4 is 11.3 Å². The summed E-state index contributed by atoms with van der Waals surface area (Å²) in [5, 5.41) is 0. The zero-order chi connectivity index (χ0) is 35.6. The van der Waals surface area contributed by atoms with Crippen molar-refractivity contribution in [2.45, 2.75) is 5.41 Å². The Balaban J connectivity index is 1.21. The molecule has 1 unspecified atom stereocenters. The van der Waals surface area contributed by atoms with Crippen molar-refractivity contribution in [3.8, 4) is 78.0 Å². The van der Waals surface area contributed by atoms with E-state index in [-0.39, 0.29) is 0 Å². The predicted octanol–water partition coefficient (Wildman–Crippen LogP) is 12.6. The average Bonchev–Trinajstić information content (AvgIpc) is 3.89. The maximum Gasteiger partial charge on any atom is 0.164 e. The Morgan fingerprint density at radius 2 is 0.778 bits per heavy atom. The molecule has 1 spiro atoms. The normalized spacial score (nSPS) is 14.7. The molecule has 0 N–H and O–H groups in total. The fraction of sp³-hybridized carbons (Fsp3) is 0.0200. The molecule has 0 saturated heterocycles. The van der Waals surface area contributed by atoms with E-state index in [1.807, 2.05) is 47.7 Å². The van der Waals surface area contributed by atoms with Crippen LogP contribution in [0.2, 0.25) is 0 Å². The van der Waals surface area contributed by atoms with E-state index in [0.29, 0.717) is 17.5 Å². The van der Waals surface area contributed by atoms with Gasteiger partial charge in [0, 0.05) is 37.6 Å². The van der Waals surface area contributed by atoms with E-state index in [1.54, 1.807) is 0 Å². The minimum Gasteiger partial charge on any atom is -0.208 e. The number of fused-ring (bicyclic) bond motifs is 10. The van der Waals surface area contributed by atoms with Gasteiger partial charge in [0.05, 0.1) is 5.41 Å². The van der Waals surface area contributed by atoms with Gasteiger partial charge in [0.25, 0.3) is 0 Å². The van der Waals surface area contributed by atoms with Crippen LogP contribution in [0, 0.1) is 0 Å². The lowest BCUT2D eigenvalue weighted by Gasteiger charge is -2.29. The third-order valence-electron chi connectivity index (χ3n) is 11.0. The molecule has 0 fully saturated rings. The minimum atomic E-state index is -0.521. The molecular formula is C50H31N3S. The summed E-state index contributed by atoms with van der Waals surface area (Å²) in [7, 11) is 0. The van der Waals surface area contributed by atoms with Gasteiger partial charge in [-0.05, 0) is 50.6 Å². The molecule has 1 atom stereocenters. The molecule has 4 heteroatoms. The van der Waals surface area contributed by atoms with Gasteiger partial charge in [-0.2, -0.15) is 0 Å². The first-order valence-electron chi connectivity index (χ1n) is 18.3. The Bertz CT molecular complexity index is 2810. The van der Waals surface area contributed by atoms with Crippen molar-refractivity contribution in [3.63, 3.8) is 0 Å². The van der Waals surface area contributed by atoms with E-state index in [1.165, 1.54) is 65.4 Å². The van der Waals surface area contributed by atoms with Gasteiger partial charge in [-0.3, -0.25) is 0 Å². The number of aromatic nitrogens is 3. The van der Waals surface area contributed by atoms with E-state index in [9.17, 15) is 0 Å². The van der Waals surface area contributed by atoms with Crippen molar-refractivity contribution in [3.05, 3.63) is 210 Å². The molecule has 2 heterocycles. The highest BCUT2D eigenvalue weighted by molar-refractivity contribution is 7.17. The summed E-state index contributed by atoms with van der Waals surface area (Å²) in [6, 6.07) is 67.1. The topological polar surface area (TPSA) is 38.7 Å². The molecule has 2 aromatic heterocycles. The first kappa shape index (κ1) is 30.8. The fourth-order valence-electron chi connectivity index (χ4n) is 8.67. The van der Waals surface area contributed by atoms with Gasteiger partial charge in [-0.25, -0.2) is 15.0 Å². The molecule has 3 nitrogen and oxygen atoms in total. The van der Waals surface area contributed by atoms with Gasteiger partial charge in [0.2, 0.25) is 0 Å². The lowest BCUT2D eigenvalue weighted by molar-refractivity contribution is 0.811. The average molecular weight is 706 g/mol. The van der Waals surface area contributed by atoms with Gasteiger partial charge in [0.15, 0.2) is 17.5 Å². The van der Waals surface area contributed by atoms with Crippen LogP contribution in [-0.4, -0.2) is 15.0 Å². The summed E-state index contributed by atoms with van der Waals surface area (Å²) in [4.78, 5) is 17.9. The Morgan fingerprint density at radius 3 is 1.37 bits per heavy atom. The standard InChI is InChI=1S/C50H31N3S/c1-5-17-32(18-6-1)43-44-39-26-14-16-28-41(39)50(46(44)54-45(43)33-19-7-2-8-20-33)40-27-15-13-25-37(40)38-30-29-36(31-42(38)50)49-52-47(34-21-9-3-10-22-34)51-48(53-49)35-23-11-4-12-24-35/h1-31H. The highest BCUT2D eigenvalue weighted by atomic mass is 32.1. The smallest absolute Gasteiger partial charge is 0.164 e. The SMILES string of the molecule is c1ccc(-c2nc(-c3ccccc3)nc(-c3ccc4c(c3)C3(c5ccccc5-4)c4ccccc4-c4c3sc(-c3ccccc3)c4-c3ccccc3)n2)cc1. The van der Waals surface area contributed by atoms with Crippen LogP contribution in [0.5, 0.6) is 0 Å². The van der Waals surface area contributed by atoms with Crippen LogP contribution in [0.3, 0.4) is 0 Å². The number of nitrogens with zero attached hydrogens (tertiary/aromatic N) is 3. The third kappa shape index (κ3) is 4.50. The van der Waals surface area contributed by atoms with Gasteiger partial charge in [-0.1, -0.05) is 182 Å². The Labute approximate surface area is 318 Å². The molecule has 0 radical (unpaired) electrons. The second-order valence-corrected chi connectivity index (χ2v) is 14.9. The molecule has 0 amide bonds. The Hall–Kier alpha value is -6.75. The molecule has 252 valence electrons. The summed E-state index contributed by atoms with van der Waals surface area (Å²) in [6.07, 6.45) is 0. The van der Waals surface area contributed by atoms with Crippen molar-refractivity contribution < 1.29 is 0 Å². The highest BCUT2D eigenvalue weighted by Gasteiger charge is 2.54. The number of hydrogen-bond donors (Lipinski definition) is 0. The maximum absolute atomic E-state index is 5.16. The maximum atomic E-state index is 5.16. The number of rotatable bonds is 5. The third-order valence-corrected chi connectivity index (χ3v) is 12.3. The first-order valence-corrected chi connectivity index (χ1v) is 19.1. The van der Waals surface area contributed by atoms with E-state index in [0.717, 1.165) is 16.7 Å². The van der Waals surface area contributed by atoms with Crippen molar-refractivity contribution in [2.24, 2.45) is 0 Å². The molecule has 0 aliphatic heterocycles. The van der Waals surface area contributed by atoms with E-state index < -0.39 is 5.41 Å². The van der Waals surface area contributed by atoms with Crippen molar-refractivity contribution in [1.29, 1.82) is 0 Å². The van der Waals surface area contributed by atoms with Crippen LogP contribution < -0.4 is 0 Å². The van der Waals surface area contributed by atoms with E-state index in [4.69, 9.17) is 15.0 Å². The van der Waals surface area contributed by atoms with Crippen LogP contribution in [-0.2, 0) is 5.41 Å². The van der Waals surface area contributed by atoms with Crippen molar-refractivity contribution in [2.75, 3.05) is 0 Å². The minimum absolute atomic E-state index is 0.521. The van der Waals surface area contributed by atoms with Crippen LogP contribution in [0.1, 0.15) is 21.6 Å². The van der Waals surface area contributed by atoms with Gasteiger partial charge in [0.1, 0.15) is 0 Å². The van der Waals surface area contributed by atoms with E-state index >= 15 is 0 Å². The zero-order valence-electron chi connectivity index (χ0n) is 29.1. The van der Waals surface area contributed by atoms with Crippen LogP contribution in [0.15, 0.2) is 188 Å². The molecule has 11 rings (SSSR count). The number of hydrogen-bond acceptors (Lipinski definition) is 4. The lowest BCUT2D eigenvalue weighted by atomic mass is 9.73. The van der Waals surface area contributed by atoms with Crippen molar-refractivity contribution in [1.82, 2.24) is 15.0 Å². The second-order valence-electron chi connectivity index (χ2n) is 13.9. The molecule has 2 aliphatic rings. The number of benzene rings is 7. The summed E-state index contributed by atoms with van der Waals surface area (Å²) in [6.45, 7) is 0. The largest absolute Gasteiger partial charge is 0.208 e. The Kier molecular flexibility index (Phi) is 6.94. The van der Waals surface area contributed by atoms with Crippen LogP contribution in [0.25, 0.3) is 78.0 Å². The number of thiophene rings is 1. The van der Waals surface area contributed by atoms with E-state index in [2.05, 4.69) is 152 Å². The summed E-state index contributed by atoms with van der Waals surface area (Å²) in [5.74, 6) is 1.97. The summed E-state index contributed by atoms with van der Waals surface area (Å²) < 4.78 is 0. The Morgan fingerprint density at radius 1 is 0.333 bits per heavy atom. The highest BCUT2D eigenvalue weighted by Crippen LogP contribution is 2.67. The van der Waals surface area contributed by atoms with Gasteiger partial charge < -0.3 is 0 Å². The summed E-state index contributed by atoms with van der Waals surface area (Å²) in [5.41, 5.74) is 15.1. The lowest BCUT2D eigenvalue weighted by Crippen LogP contribution is -2.25. The molecular weight excluding hydrogens is 675 g/mol. The molecule has 54 heavy (non-hydrogen) atoms. The first-order chi connectivity index (χ1) is 26.8. The molecule has 7 aromatic carbocycles. The predicted molar refractivity (Wildman–Crippen MR) is 221 cm³/mol. The molecule has 0 saturated carbocycles. The molecule has 2 aliphatic carbocycles. The molecule has 0 bridgehead atoms. The van der Waals surface area contributed by atoms with Crippen LogP contribution in [0.4, 0.5) is 0 Å².